The van der Waals surface area contributed by atoms with Crippen molar-refractivity contribution in [2.24, 2.45) is 0 Å². The smallest absolute Gasteiger partial charge is 0.253 e. The van der Waals surface area contributed by atoms with Crippen molar-refractivity contribution in [3.63, 3.8) is 0 Å². The average molecular weight is 275 g/mol. The van der Waals surface area contributed by atoms with Gasteiger partial charge >= 0.3 is 0 Å². The van der Waals surface area contributed by atoms with Crippen LogP contribution in [0.4, 0.5) is 5.69 Å². The second-order valence-corrected chi connectivity index (χ2v) is 4.05. The molecule has 1 aromatic carbocycles. The van der Waals surface area contributed by atoms with E-state index in [1.807, 2.05) is 6.92 Å². The highest BCUT2D eigenvalue weighted by Crippen LogP contribution is 2.19. The lowest BCUT2D eigenvalue weighted by Gasteiger charge is -2.12. The Bertz CT molecular complexity index is 407. The minimum Gasteiger partial charge on any atom is -0.399 e. The van der Waals surface area contributed by atoms with Crippen molar-refractivity contribution in [1.29, 1.82) is 0 Å². The summed E-state index contributed by atoms with van der Waals surface area (Å²) < 4.78 is 0. The van der Waals surface area contributed by atoms with Gasteiger partial charge in [0.2, 0.25) is 0 Å². The number of hydrogen-bond acceptors (Lipinski definition) is 2. The Hall–Kier alpha value is -1.19. The van der Waals surface area contributed by atoms with E-state index >= 15 is 0 Å². The molecule has 5 heteroatoms. The van der Waals surface area contributed by atoms with Crippen molar-refractivity contribution in [1.82, 2.24) is 5.32 Å². The van der Waals surface area contributed by atoms with Crippen LogP contribution >= 0.6 is 24.0 Å². The molecule has 0 fully saturated rings. The van der Waals surface area contributed by atoms with Crippen molar-refractivity contribution < 1.29 is 4.79 Å². The molecule has 0 saturated heterocycles. The Morgan fingerprint density at radius 3 is 2.82 bits per heavy atom. The first-order valence-corrected chi connectivity index (χ1v) is 5.39. The number of nitrogens with one attached hydrogen (secondary N) is 1. The first kappa shape index (κ1) is 15.8. The molecule has 0 saturated carbocycles. The van der Waals surface area contributed by atoms with Gasteiger partial charge in [-0.05, 0) is 31.5 Å². The Morgan fingerprint density at radius 2 is 2.29 bits per heavy atom. The predicted octanol–water partition coefficient (Wildman–Crippen LogP) is 3.04. The first-order chi connectivity index (χ1) is 7.54. The monoisotopic (exact) mass is 274 g/mol. The minimum absolute atomic E-state index is 0. The van der Waals surface area contributed by atoms with Crippen LogP contribution in [-0.2, 0) is 0 Å². The average Bonchev–Trinajstić information content (AvgIpc) is 2.17. The van der Waals surface area contributed by atoms with Gasteiger partial charge in [0.15, 0.2) is 0 Å². The largest absolute Gasteiger partial charge is 0.399 e. The molecule has 1 atom stereocenters. The Kier molecular flexibility index (Phi) is 6.69. The topological polar surface area (TPSA) is 55.1 Å². The predicted molar refractivity (Wildman–Crippen MR) is 74.9 cm³/mol. The van der Waals surface area contributed by atoms with E-state index in [1.165, 1.54) is 0 Å². The Morgan fingerprint density at radius 1 is 1.65 bits per heavy atom. The van der Waals surface area contributed by atoms with Crippen LogP contribution in [0.1, 0.15) is 23.7 Å². The van der Waals surface area contributed by atoms with Gasteiger partial charge in [-0.2, -0.15) is 0 Å². The number of halogens is 2. The Balaban J connectivity index is 0.00000256. The van der Waals surface area contributed by atoms with Gasteiger partial charge in [0.1, 0.15) is 0 Å². The van der Waals surface area contributed by atoms with Gasteiger partial charge in [-0.25, -0.2) is 0 Å². The standard InChI is InChI=1S/C12H15ClN2O.ClH/c1-3-4-8(2)15-12(16)10-6-5-9(14)7-11(10)13;/h3,5-8H,1,4,14H2,2H3,(H,15,16);1H. The van der Waals surface area contributed by atoms with E-state index in [1.54, 1.807) is 24.3 Å². The molecule has 1 aromatic rings. The van der Waals surface area contributed by atoms with Crippen LogP contribution in [-0.4, -0.2) is 11.9 Å². The molecule has 0 aliphatic heterocycles. The second kappa shape index (κ2) is 7.20. The summed E-state index contributed by atoms with van der Waals surface area (Å²) in [6.07, 6.45) is 2.48. The lowest BCUT2D eigenvalue weighted by atomic mass is 10.1. The summed E-state index contributed by atoms with van der Waals surface area (Å²) in [6, 6.07) is 4.87. The summed E-state index contributed by atoms with van der Waals surface area (Å²) in [7, 11) is 0. The van der Waals surface area contributed by atoms with Crippen LogP contribution in [0.3, 0.4) is 0 Å². The molecule has 0 aliphatic carbocycles. The second-order valence-electron chi connectivity index (χ2n) is 3.64. The summed E-state index contributed by atoms with van der Waals surface area (Å²) in [5.41, 5.74) is 6.53. The maximum absolute atomic E-state index is 11.8. The van der Waals surface area contributed by atoms with Crippen LogP contribution in [0, 0.1) is 0 Å². The zero-order chi connectivity index (χ0) is 12.1. The van der Waals surface area contributed by atoms with Gasteiger partial charge in [-0.15, -0.1) is 19.0 Å². The molecule has 1 amide bonds. The maximum Gasteiger partial charge on any atom is 0.253 e. The molecule has 3 N–H and O–H groups in total. The van der Waals surface area contributed by atoms with Crippen LogP contribution < -0.4 is 11.1 Å². The van der Waals surface area contributed by atoms with Crippen molar-refractivity contribution in [2.75, 3.05) is 5.73 Å². The number of nitrogen functional groups attached to an aromatic ring is 1. The fraction of sp³-hybridized carbons (Fsp3) is 0.250. The lowest BCUT2D eigenvalue weighted by molar-refractivity contribution is 0.0940. The molecule has 3 nitrogen and oxygen atoms in total. The molecular formula is C12H16Cl2N2O. The number of carbonyl (C=O) groups excluding carboxylic acids is 1. The van der Waals surface area contributed by atoms with E-state index in [0.29, 0.717) is 16.3 Å². The van der Waals surface area contributed by atoms with Gasteiger partial charge in [-0.1, -0.05) is 17.7 Å². The molecule has 0 aliphatic rings. The highest BCUT2D eigenvalue weighted by Gasteiger charge is 2.12. The molecule has 1 unspecified atom stereocenters. The highest BCUT2D eigenvalue weighted by molar-refractivity contribution is 6.34. The van der Waals surface area contributed by atoms with Gasteiger partial charge in [0, 0.05) is 11.7 Å². The molecular weight excluding hydrogens is 259 g/mol. The van der Waals surface area contributed by atoms with E-state index < -0.39 is 0 Å². The van der Waals surface area contributed by atoms with E-state index in [-0.39, 0.29) is 24.4 Å². The number of anilines is 1. The third kappa shape index (κ3) is 4.67. The van der Waals surface area contributed by atoms with Crippen LogP contribution in [0.25, 0.3) is 0 Å². The fourth-order valence-corrected chi connectivity index (χ4v) is 1.60. The Labute approximate surface area is 112 Å². The van der Waals surface area contributed by atoms with Gasteiger partial charge in [0.05, 0.1) is 10.6 Å². The molecule has 0 spiro atoms. The van der Waals surface area contributed by atoms with Crippen molar-refractivity contribution in [3.8, 4) is 0 Å². The number of rotatable bonds is 4. The van der Waals surface area contributed by atoms with E-state index in [4.69, 9.17) is 17.3 Å². The molecule has 94 valence electrons. The van der Waals surface area contributed by atoms with E-state index in [0.717, 1.165) is 6.42 Å². The number of nitrogens with two attached hydrogens (primary N) is 1. The number of amides is 1. The zero-order valence-corrected chi connectivity index (χ0v) is 11.1. The van der Waals surface area contributed by atoms with Crippen molar-refractivity contribution >= 4 is 35.6 Å². The van der Waals surface area contributed by atoms with Gasteiger partial charge in [0.25, 0.3) is 5.91 Å². The van der Waals surface area contributed by atoms with Crippen molar-refractivity contribution in [2.45, 2.75) is 19.4 Å². The SMILES string of the molecule is C=CCC(C)NC(=O)c1ccc(N)cc1Cl.Cl. The number of carbonyl (C=O) groups is 1. The van der Waals surface area contributed by atoms with Gasteiger partial charge < -0.3 is 11.1 Å². The molecule has 0 radical (unpaired) electrons. The summed E-state index contributed by atoms with van der Waals surface area (Å²) >= 11 is 5.92. The lowest BCUT2D eigenvalue weighted by Crippen LogP contribution is -2.32. The van der Waals surface area contributed by atoms with Crippen LogP contribution in [0.15, 0.2) is 30.9 Å². The normalized spacial score (nSPS) is 11.2. The summed E-state index contributed by atoms with van der Waals surface area (Å²) in [5, 5.41) is 3.19. The summed E-state index contributed by atoms with van der Waals surface area (Å²) in [6.45, 7) is 5.52. The molecule has 0 bridgehead atoms. The number of hydrogen-bond donors (Lipinski definition) is 2. The number of benzene rings is 1. The van der Waals surface area contributed by atoms with E-state index in [9.17, 15) is 4.79 Å². The molecule has 1 rings (SSSR count). The third-order valence-electron chi connectivity index (χ3n) is 2.14. The molecule has 0 heterocycles. The van der Waals surface area contributed by atoms with Gasteiger partial charge in [-0.3, -0.25) is 4.79 Å². The summed E-state index contributed by atoms with van der Waals surface area (Å²) in [5.74, 6) is -0.195. The molecule has 17 heavy (non-hydrogen) atoms. The quantitative estimate of drug-likeness (QED) is 0.655. The summed E-state index contributed by atoms with van der Waals surface area (Å²) in [4.78, 5) is 11.8. The third-order valence-corrected chi connectivity index (χ3v) is 2.45. The minimum atomic E-state index is -0.195. The van der Waals surface area contributed by atoms with Crippen LogP contribution in [0.5, 0.6) is 0 Å². The fourth-order valence-electron chi connectivity index (χ4n) is 1.33. The zero-order valence-electron chi connectivity index (χ0n) is 9.57. The van der Waals surface area contributed by atoms with Crippen molar-refractivity contribution in [3.05, 3.63) is 41.4 Å². The molecule has 0 aromatic heterocycles. The van der Waals surface area contributed by atoms with E-state index in [2.05, 4.69) is 11.9 Å². The first-order valence-electron chi connectivity index (χ1n) is 5.01. The van der Waals surface area contributed by atoms with Crippen LogP contribution in [0.2, 0.25) is 5.02 Å². The highest BCUT2D eigenvalue weighted by atomic mass is 35.5. The maximum atomic E-state index is 11.8.